The maximum Gasteiger partial charge on any atom is 0.427 e. The zero-order valence-electron chi connectivity index (χ0n) is 76.8. The SMILES string of the molecule is CC(=O)c1cn2c(C)c(C(F)(F)F)sc2n1.CC(=O)c1cn2c(C)c(C(F)(F)F)sc2n1.CC(=O)c1cn2c(C)c(C)sc2n1.CC(=O)c1cn2c(C)c(C)sc2n1.CC(=O)c1cn2cc(C(F)(F)F)sc2n1.CC(=O)c1cn2cc(C(F)(F)F)sc2n1.CC(=O)c1cn2cc(C)sc2n1.CC(=O)c1cn2cc(C)sc2n1.CC(=O)c1nc2sc(C(F)(F)F)cn2c1Br.CC(=O)c1nc2sc(C(F)(F)F)cn2c1Cl. The van der Waals surface area contributed by atoms with Crippen molar-refractivity contribution in [3.8, 4) is 0 Å². The number of alkyl halides is 18. The molecule has 0 amide bonds. The monoisotopic (exact) mass is 2290 g/mol. The van der Waals surface area contributed by atoms with Crippen molar-refractivity contribution < 1.29 is 127 Å². The van der Waals surface area contributed by atoms with Crippen molar-refractivity contribution in [1.82, 2.24) is 93.8 Å². The summed E-state index contributed by atoms with van der Waals surface area (Å²) in [5.41, 5.74) is 5.49. The molecule has 0 aliphatic rings. The molecule has 0 radical (unpaired) electrons. The average Bonchev–Trinajstić information content (AvgIpc) is 1.53. The van der Waals surface area contributed by atoms with Crippen LogP contribution in [0, 0.1) is 55.4 Å². The number of rotatable bonds is 10. The fourth-order valence-electron chi connectivity index (χ4n) is 11.9. The Hall–Kier alpha value is -12.1. The van der Waals surface area contributed by atoms with Gasteiger partial charge in [0.1, 0.15) is 96.0 Å². The van der Waals surface area contributed by atoms with Crippen LogP contribution in [0.1, 0.15) is 246 Å². The van der Waals surface area contributed by atoms with E-state index in [2.05, 4.69) is 79.6 Å². The van der Waals surface area contributed by atoms with Crippen LogP contribution in [0.3, 0.4) is 0 Å². The van der Waals surface area contributed by atoms with Gasteiger partial charge in [0.25, 0.3) is 0 Å². The van der Waals surface area contributed by atoms with Crippen molar-refractivity contribution in [3.05, 3.63) is 225 Å². The maximum atomic E-state index is 12.5. The minimum atomic E-state index is -4.43. The van der Waals surface area contributed by atoms with Gasteiger partial charge in [0.05, 0.1) is 0 Å². The van der Waals surface area contributed by atoms with E-state index >= 15 is 0 Å². The van der Waals surface area contributed by atoms with Gasteiger partial charge in [-0.1, -0.05) is 79.6 Å². The molecule has 144 heavy (non-hydrogen) atoms. The number of Topliss-reactive ketones (excluding diaryl/α,β-unsaturated/α-hetero) is 10. The van der Waals surface area contributed by atoms with Crippen molar-refractivity contribution >= 4 is 248 Å². The number of aryl methyl sites for hydroxylation is 8. The lowest BCUT2D eigenvalue weighted by atomic mass is 10.3. The topological polar surface area (TPSA) is 344 Å². The molecule has 20 heterocycles. The second kappa shape index (κ2) is 43.3. The van der Waals surface area contributed by atoms with Crippen LogP contribution in [0.5, 0.6) is 0 Å². The van der Waals surface area contributed by atoms with E-state index in [1.54, 1.807) is 70.1 Å². The molecule has 0 aromatic carbocycles. The first-order valence-electron chi connectivity index (χ1n) is 40.1. The van der Waals surface area contributed by atoms with E-state index in [9.17, 15) is 127 Å². The molecule has 20 aromatic rings. The van der Waals surface area contributed by atoms with Gasteiger partial charge >= 0.3 is 37.1 Å². The third kappa shape index (κ3) is 26.0. The van der Waals surface area contributed by atoms with Crippen molar-refractivity contribution in [2.75, 3.05) is 0 Å². The lowest BCUT2D eigenvalue weighted by Crippen LogP contribution is -2.04. The molecule has 0 saturated carbocycles. The molecule has 764 valence electrons. The summed E-state index contributed by atoms with van der Waals surface area (Å²) in [6.45, 7) is 28.9. The van der Waals surface area contributed by atoms with Crippen LogP contribution >= 0.6 is 141 Å². The summed E-state index contributed by atoms with van der Waals surface area (Å²) >= 11 is 18.3. The molecule has 60 heteroatoms. The number of nitrogens with zero attached hydrogens (tertiary/aromatic N) is 20. The first-order valence-corrected chi connectivity index (χ1v) is 49.4. The highest BCUT2D eigenvalue weighted by atomic mass is 79.9. The number of fused-ring (bicyclic) bond motifs is 10. The van der Waals surface area contributed by atoms with Crippen molar-refractivity contribution in [1.29, 1.82) is 0 Å². The molecular formula is C84H68BrClF18N20O10S10. The lowest BCUT2D eigenvalue weighted by Gasteiger charge is -2.03. The van der Waals surface area contributed by atoms with E-state index in [1.807, 2.05) is 57.7 Å². The number of halogens is 20. The summed E-state index contributed by atoms with van der Waals surface area (Å²) in [5, 5.41) is -0.0887. The summed E-state index contributed by atoms with van der Waals surface area (Å²) in [5.74, 6) is -1.65. The van der Waals surface area contributed by atoms with Gasteiger partial charge in [-0.05, 0) is 71.3 Å². The molecule has 0 bridgehead atoms. The number of hydrogen-bond acceptors (Lipinski definition) is 30. The van der Waals surface area contributed by atoms with Gasteiger partial charge in [0.15, 0.2) is 107 Å². The minimum absolute atomic E-state index is 0.0124. The van der Waals surface area contributed by atoms with Crippen LogP contribution in [0.4, 0.5) is 79.0 Å². The van der Waals surface area contributed by atoms with Crippen LogP contribution in [0.15, 0.2) is 91.4 Å². The Labute approximate surface area is 849 Å². The van der Waals surface area contributed by atoms with E-state index in [0.29, 0.717) is 90.8 Å². The van der Waals surface area contributed by atoms with Gasteiger partial charge in [-0.15, -0.1) is 45.3 Å². The molecule has 20 aromatic heterocycles. The molecule has 0 atom stereocenters. The number of carbonyl (C=O) groups excluding carboxylic acids is 10. The largest absolute Gasteiger partial charge is 0.427 e. The number of imidazole rings is 10. The molecule has 0 N–H and O–H groups in total. The van der Waals surface area contributed by atoms with E-state index in [-0.39, 0.29) is 143 Å². The van der Waals surface area contributed by atoms with Gasteiger partial charge in [-0.2, -0.15) is 79.0 Å². The Bertz CT molecular complexity index is 7760. The third-order valence-electron chi connectivity index (χ3n) is 19.3. The zero-order valence-corrected chi connectivity index (χ0v) is 87.3. The Morgan fingerprint density at radius 3 is 0.701 bits per heavy atom. The van der Waals surface area contributed by atoms with E-state index in [1.165, 1.54) is 161 Å². The Balaban J connectivity index is 0.000000153. The fraction of sp³-hybridized carbons (Fsp3) is 0.286. The predicted octanol–water partition coefficient (Wildman–Crippen LogP) is 26.0. The predicted molar refractivity (Wildman–Crippen MR) is 511 cm³/mol. The molecule has 0 spiro atoms. The van der Waals surface area contributed by atoms with E-state index in [4.69, 9.17) is 11.6 Å². The molecule has 30 nitrogen and oxygen atoms in total. The molecule has 0 saturated heterocycles. The van der Waals surface area contributed by atoms with Gasteiger partial charge in [-0.25, -0.2) is 49.8 Å². The molecule has 0 aliphatic carbocycles. The fourth-order valence-corrected chi connectivity index (χ4v) is 21.9. The molecular weight excluding hydrogens is 2230 g/mol. The Kier molecular flexibility index (Phi) is 33.7. The second-order valence-electron chi connectivity index (χ2n) is 30.3. The molecule has 0 aliphatic heterocycles. The van der Waals surface area contributed by atoms with Gasteiger partial charge in [0.2, 0.25) is 0 Å². The highest BCUT2D eigenvalue weighted by Gasteiger charge is 2.41. The number of thiazole rings is 10. The standard InChI is InChI=1S/2C9H7F3N2OS.2C9H10N2OS.C8H4BrF3N2OS.C8H4ClF3N2OS.2C8H5F3N2OS.2C8H8N2OS/c2*1-4-7(9(10,11)12)16-8-13-6(5(2)15)3-14(4)8;2*1-5-7(3)13-9-10-8(6(2)12)4-11(5)9;2*1-3(15)5-6(9)14-2-4(8(10,11)12)16-7(14)13-5;2*1-4(14)5-2-13-3-6(8(9,10)11)15-7(13)12-5;2*1-5-3-10-4-7(6(2)11)9-8(10)12-5/h2*3H,1-2H3;2*4H,1-3H3;2*2H,1H3;2*2-3H,1H3;2*3-4H,1-2H3. The first-order chi connectivity index (χ1) is 66.5. The van der Waals surface area contributed by atoms with Crippen molar-refractivity contribution in [2.45, 2.75) is 162 Å². The number of hydrogen-bond donors (Lipinski definition) is 0. The number of ketones is 10. The summed E-state index contributed by atoms with van der Waals surface area (Å²) in [6.07, 6.45) is -6.32. The highest BCUT2D eigenvalue weighted by molar-refractivity contribution is 9.10. The number of aromatic nitrogens is 20. The quantitative estimate of drug-likeness (QED) is 0.0906. The van der Waals surface area contributed by atoms with Gasteiger partial charge in [-0.3, -0.25) is 92.0 Å². The average molecular weight is 2300 g/mol. The summed E-state index contributed by atoms with van der Waals surface area (Å²) in [7, 11) is 0. The molecule has 20 rings (SSSR count). The van der Waals surface area contributed by atoms with E-state index in [0.717, 1.165) is 49.0 Å². The summed E-state index contributed by atoms with van der Waals surface area (Å²) in [6, 6.07) is 0. The highest BCUT2D eigenvalue weighted by Crippen LogP contribution is 2.43. The van der Waals surface area contributed by atoms with Crippen molar-refractivity contribution in [3.63, 3.8) is 0 Å². The van der Waals surface area contributed by atoms with Crippen LogP contribution in [0.2, 0.25) is 5.15 Å². The minimum Gasteiger partial charge on any atom is -0.297 e. The zero-order chi connectivity index (χ0) is 107. The summed E-state index contributed by atoms with van der Waals surface area (Å²) in [4.78, 5) is 155. The number of carbonyl (C=O) groups is 10. The van der Waals surface area contributed by atoms with Gasteiger partial charge < -0.3 is 0 Å². The van der Waals surface area contributed by atoms with Crippen LogP contribution in [-0.2, 0) is 37.1 Å². The Morgan fingerprint density at radius 1 is 0.243 bits per heavy atom. The lowest BCUT2D eigenvalue weighted by molar-refractivity contribution is -0.135. The first kappa shape index (κ1) is 112. The normalized spacial score (nSPS) is 11.8. The van der Waals surface area contributed by atoms with Crippen LogP contribution < -0.4 is 0 Å². The van der Waals surface area contributed by atoms with Crippen LogP contribution in [-0.4, -0.2) is 152 Å². The molecule has 0 fully saturated rings. The van der Waals surface area contributed by atoms with E-state index < -0.39 is 66.3 Å². The van der Waals surface area contributed by atoms with Crippen molar-refractivity contribution in [2.24, 2.45) is 0 Å². The summed E-state index contributed by atoms with van der Waals surface area (Å²) < 4.78 is 238. The smallest absolute Gasteiger partial charge is 0.297 e. The maximum absolute atomic E-state index is 12.5. The van der Waals surface area contributed by atoms with Crippen LogP contribution in [0.25, 0.3) is 49.6 Å². The van der Waals surface area contributed by atoms with Gasteiger partial charge in [0, 0.05) is 198 Å². The second-order valence-corrected chi connectivity index (χ2v) is 42.2. The third-order valence-corrected chi connectivity index (χ3v) is 30.9. The molecule has 0 unspecified atom stereocenters. The Morgan fingerprint density at radius 2 is 0.465 bits per heavy atom.